The lowest BCUT2D eigenvalue weighted by atomic mass is 9.94. The zero-order chi connectivity index (χ0) is 16.6. The van der Waals surface area contributed by atoms with Crippen molar-refractivity contribution in [1.82, 2.24) is 4.98 Å². The Morgan fingerprint density at radius 1 is 1.30 bits per heavy atom. The van der Waals surface area contributed by atoms with E-state index in [2.05, 4.69) is 4.98 Å². The zero-order valence-corrected chi connectivity index (χ0v) is 14.5. The van der Waals surface area contributed by atoms with E-state index >= 15 is 0 Å². The Morgan fingerprint density at radius 2 is 2.04 bits per heavy atom. The quantitative estimate of drug-likeness (QED) is 0.657. The fraction of sp³-hybridized carbons (Fsp3) is 0.214. The van der Waals surface area contributed by atoms with Crippen molar-refractivity contribution < 1.29 is 23.5 Å². The summed E-state index contributed by atoms with van der Waals surface area (Å²) in [5.41, 5.74) is 0.192. The Kier molecular flexibility index (Phi) is 4.42. The van der Waals surface area contributed by atoms with E-state index in [0.29, 0.717) is 14.7 Å². The number of esters is 2. The Bertz CT molecular complexity index is 846. The maximum atomic E-state index is 12.3. The molecule has 0 bridgehead atoms. The largest absolute Gasteiger partial charge is 0.468 e. The van der Waals surface area contributed by atoms with Crippen molar-refractivity contribution in [3.05, 3.63) is 43.5 Å². The number of hydrogen-bond donors (Lipinski definition) is 1. The van der Waals surface area contributed by atoms with Gasteiger partial charge in [-0.05, 0) is 24.4 Å². The third kappa shape index (κ3) is 2.75. The number of ether oxygens (including phenoxy) is 2. The number of nitrogens with one attached hydrogen (secondary N) is 1. The van der Waals surface area contributed by atoms with Gasteiger partial charge in [0.2, 0.25) is 0 Å². The van der Waals surface area contributed by atoms with Gasteiger partial charge < -0.3 is 18.9 Å². The van der Waals surface area contributed by atoms with Gasteiger partial charge in [0.1, 0.15) is 10.7 Å². The highest BCUT2D eigenvalue weighted by molar-refractivity contribution is 8.04. The van der Waals surface area contributed by atoms with Gasteiger partial charge in [0.15, 0.2) is 3.95 Å². The molecule has 0 fully saturated rings. The highest BCUT2D eigenvalue weighted by Crippen LogP contribution is 2.49. The molecule has 1 N–H and O–H groups in total. The first-order chi connectivity index (χ1) is 11.1. The predicted octanol–water partition coefficient (Wildman–Crippen LogP) is 3.24. The smallest absolute Gasteiger partial charge is 0.345 e. The van der Waals surface area contributed by atoms with E-state index in [1.54, 1.807) is 12.1 Å². The van der Waals surface area contributed by atoms with Gasteiger partial charge in [0.25, 0.3) is 0 Å². The van der Waals surface area contributed by atoms with Crippen LogP contribution in [0.5, 0.6) is 0 Å². The van der Waals surface area contributed by atoms with Gasteiger partial charge in [-0.15, -0.1) is 11.3 Å². The summed E-state index contributed by atoms with van der Waals surface area (Å²) >= 11 is 7.64. The minimum atomic E-state index is -0.608. The molecule has 0 saturated carbocycles. The second-order valence-electron chi connectivity index (χ2n) is 4.48. The van der Waals surface area contributed by atoms with Crippen molar-refractivity contribution in [3.63, 3.8) is 0 Å². The SMILES string of the molecule is COC(=O)C1=C(C(=O)OC)C(c2ccco2)c2sc(=S)[nH]c2S1. The van der Waals surface area contributed by atoms with Crippen molar-refractivity contribution in [2.75, 3.05) is 14.2 Å². The number of carbonyl (C=O) groups excluding carboxylic acids is 2. The molecule has 3 rings (SSSR count). The Hall–Kier alpha value is -1.84. The molecule has 1 aliphatic rings. The van der Waals surface area contributed by atoms with Gasteiger partial charge in [-0.25, -0.2) is 9.59 Å². The maximum Gasteiger partial charge on any atom is 0.345 e. The van der Waals surface area contributed by atoms with E-state index in [0.717, 1.165) is 16.6 Å². The zero-order valence-electron chi connectivity index (χ0n) is 12.1. The second-order valence-corrected chi connectivity index (χ2v) is 7.22. The third-order valence-corrected chi connectivity index (χ3v) is 5.79. The average Bonchev–Trinajstić information content (AvgIpc) is 3.19. The topological polar surface area (TPSA) is 81.5 Å². The third-order valence-electron chi connectivity index (χ3n) is 3.25. The molecule has 2 aromatic heterocycles. The van der Waals surface area contributed by atoms with Crippen LogP contribution in [0.4, 0.5) is 0 Å². The summed E-state index contributed by atoms with van der Waals surface area (Å²) in [5, 5.41) is 0.703. The molecule has 1 atom stereocenters. The molecule has 0 aliphatic carbocycles. The molecule has 2 aromatic rings. The summed E-state index contributed by atoms with van der Waals surface area (Å²) in [7, 11) is 2.53. The van der Waals surface area contributed by atoms with Crippen molar-refractivity contribution in [1.29, 1.82) is 0 Å². The van der Waals surface area contributed by atoms with Gasteiger partial charge in [-0.3, -0.25) is 0 Å². The maximum absolute atomic E-state index is 12.3. The first kappa shape index (κ1) is 16.0. The average molecular weight is 369 g/mol. The number of aromatic amines is 1. The van der Waals surface area contributed by atoms with Gasteiger partial charge >= 0.3 is 11.9 Å². The molecule has 0 amide bonds. The molecule has 3 heterocycles. The lowest BCUT2D eigenvalue weighted by Crippen LogP contribution is -2.22. The molecular weight excluding hydrogens is 358 g/mol. The number of thiazole rings is 1. The van der Waals surface area contributed by atoms with Gasteiger partial charge in [0.05, 0.1) is 41.9 Å². The Labute approximate surface area is 144 Å². The number of hydrogen-bond acceptors (Lipinski definition) is 8. The van der Waals surface area contributed by atoms with Crippen LogP contribution < -0.4 is 0 Å². The summed E-state index contributed by atoms with van der Waals surface area (Å²) in [4.78, 5) is 28.5. The summed E-state index contributed by atoms with van der Waals surface area (Å²) in [6, 6.07) is 3.46. The van der Waals surface area contributed by atoms with Crippen LogP contribution in [-0.2, 0) is 19.1 Å². The van der Waals surface area contributed by atoms with Crippen molar-refractivity contribution in [3.8, 4) is 0 Å². The molecule has 0 radical (unpaired) electrons. The van der Waals surface area contributed by atoms with Gasteiger partial charge in [0, 0.05) is 0 Å². The number of fused-ring (bicyclic) bond motifs is 1. The normalized spacial score (nSPS) is 16.9. The van der Waals surface area contributed by atoms with Crippen LogP contribution >= 0.6 is 35.3 Å². The highest BCUT2D eigenvalue weighted by atomic mass is 32.2. The Balaban J connectivity index is 2.28. The first-order valence-electron chi connectivity index (χ1n) is 6.41. The van der Waals surface area contributed by atoms with Crippen LogP contribution in [0.2, 0.25) is 0 Å². The van der Waals surface area contributed by atoms with Crippen molar-refractivity contribution >= 4 is 47.3 Å². The van der Waals surface area contributed by atoms with Crippen LogP contribution in [0.3, 0.4) is 0 Å². The molecule has 120 valence electrons. The van der Waals surface area contributed by atoms with Crippen LogP contribution in [-0.4, -0.2) is 31.1 Å². The molecule has 23 heavy (non-hydrogen) atoms. The second kappa shape index (κ2) is 6.34. The number of H-pyrrole nitrogens is 1. The predicted molar refractivity (Wildman–Crippen MR) is 87.0 cm³/mol. The molecule has 0 spiro atoms. The number of methoxy groups -OCH3 is 2. The minimum absolute atomic E-state index is 0.164. The molecule has 0 aromatic carbocycles. The van der Waals surface area contributed by atoms with Crippen molar-refractivity contribution in [2.45, 2.75) is 10.9 Å². The van der Waals surface area contributed by atoms with E-state index < -0.39 is 17.9 Å². The number of thioether (sulfide) groups is 1. The van der Waals surface area contributed by atoms with Crippen LogP contribution in [0.15, 0.2) is 38.3 Å². The lowest BCUT2D eigenvalue weighted by Gasteiger charge is -2.23. The minimum Gasteiger partial charge on any atom is -0.468 e. The van der Waals surface area contributed by atoms with Gasteiger partial charge in [-0.2, -0.15) is 0 Å². The number of carbonyl (C=O) groups is 2. The highest BCUT2D eigenvalue weighted by Gasteiger charge is 2.40. The summed E-state index contributed by atoms with van der Waals surface area (Å²) in [6.45, 7) is 0. The standard InChI is InChI=1S/C14H11NO5S3/c1-18-12(16)8-7(6-4-3-5-20-6)9-11(15-14(21)23-9)22-10(8)13(17)19-2/h3-5,7H,1-2H3,(H,15,21). The van der Waals surface area contributed by atoms with Gasteiger partial charge in [-0.1, -0.05) is 11.8 Å². The Morgan fingerprint density at radius 3 is 2.65 bits per heavy atom. The number of aromatic nitrogens is 1. The first-order valence-corrected chi connectivity index (χ1v) is 8.46. The fourth-order valence-corrected chi connectivity index (χ4v) is 4.96. The summed E-state index contributed by atoms with van der Waals surface area (Å²) in [6.07, 6.45) is 1.51. The number of rotatable bonds is 3. The molecule has 6 nitrogen and oxygen atoms in total. The summed E-state index contributed by atoms with van der Waals surface area (Å²) in [5.74, 6) is -1.26. The van der Waals surface area contributed by atoms with E-state index in [1.165, 1.54) is 31.8 Å². The van der Waals surface area contributed by atoms with Crippen LogP contribution in [0, 0.1) is 3.95 Å². The van der Waals surface area contributed by atoms with E-state index in [9.17, 15) is 9.59 Å². The van der Waals surface area contributed by atoms with Crippen LogP contribution in [0.1, 0.15) is 16.6 Å². The monoisotopic (exact) mass is 369 g/mol. The molecule has 1 aliphatic heterocycles. The van der Waals surface area contributed by atoms with E-state index in [-0.39, 0.29) is 10.5 Å². The fourth-order valence-electron chi connectivity index (χ4n) is 2.30. The van der Waals surface area contributed by atoms with E-state index in [4.69, 9.17) is 26.1 Å². The molecule has 1 unspecified atom stereocenters. The van der Waals surface area contributed by atoms with Crippen LogP contribution in [0.25, 0.3) is 0 Å². The van der Waals surface area contributed by atoms with E-state index in [1.807, 2.05) is 0 Å². The summed E-state index contributed by atoms with van der Waals surface area (Å²) < 4.78 is 15.7. The van der Waals surface area contributed by atoms with Crippen molar-refractivity contribution in [2.24, 2.45) is 0 Å². The molecule has 9 heteroatoms. The molecular formula is C14H11NO5S3. The molecule has 0 saturated heterocycles. The number of furan rings is 1. The lowest BCUT2D eigenvalue weighted by molar-refractivity contribution is -0.139.